The fourth-order valence-electron chi connectivity index (χ4n) is 2.48. The van der Waals surface area contributed by atoms with Crippen molar-refractivity contribution in [3.63, 3.8) is 0 Å². The molecule has 1 aliphatic heterocycles. The summed E-state index contributed by atoms with van der Waals surface area (Å²) < 4.78 is 0. The second-order valence-electron chi connectivity index (χ2n) is 5.35. The second kappa shape index (κ2) is 6.26. The van der Waals surface area contributed by atoms with E-state index in [1.54, 1.807) is 0 Å². The van der Waals surface area contributed by atoms with Gasteiger partial charge in [0.25, 0.3) is 0 Å². The van der Waals surface area contributed by atoms with Crippen LogP contribution in [0.4, 0.5) is 0 Å². The molecule has 0 aliphatic carbocycles. The molecule has 1 saturated heterocycles. The summed E-state index contributed by atoms with van der Waals surface area (Å²) in [5, 5.41) is 0. The standard InChI is InChI=1S/C13H25NO/c1-11(2)13-5-4-7-14(8-6-13)9-12(3)10-15/h10-13H,4-9H2,1-3H3. The first kappa shape index (κ1) is 12.7. The van der Waals surface area contributed by atoms with E-state index >= 15 is 0 Å². The zero-order chi connectivity index (χ0) is 11.3. The van der Waals surface area contributed by atoms with Crippen molar-refractivity contribution in [1.82, 2.24) is 4.90 Å². The highest BCUT2D eigenvalue weighted by Gasteiger charge is 2.20. The second-order valence-corrected chi connectivity index (χ2v) is 5.35. The molecule has 0 N–H and O–H groups in total. The first-order valence-electron chi connectivity index (χ1n) is 6.31. The Morgan fingerprint density at radius 2 is 2.00 bits per heavy atom. The third-order valence-corrected chi connectivity index (χ3v) is 3.59. The Hall–Kier alpha value is -0.370. The maximum Gasteiger partial charge on any atom is 0.124 e. The van der Waals surface area contributed by atoms with E-state index in [-0.39, 0.29) is 5.92 Å². The molecule has 0 spiro atoms. The molecule has 1 fully saturated rings. The van der Waals surface area contributed by atoms with Crippen LogP contribution in [0.3, 0.4) is 0 Å². The van der Waals surface area contributed by atoms with E-state index in [1.807, 2.05) is 6.92 Å². The minimum atomic E-state index is 0.195. The topological polar surface area (TPSA) is 20.3 Å². The normalized spacial score (nSPS) is 26.3. The fourth-order valence-corrected chi connectivity index (χ4v) is 2.48. The summed E-state index contributed by atoms with van der Waals surface area (Å²) in [7, 11) is 0. The van der Waals surface area contributed by atoms with Gasteiger partial charge in [0, 0.05) is 12.5 Å². The van der Waals surface area contributed by atoms with Gasteiger partial charge in [0.05, 0.1) is 0 Å². The van der Waals surface area contributed by atoms with Crippen molar-refractivity contribution in [2.45, 2.75) is 40.0 Å². The molecular weight excluding hydrogens is 186 g/mol. The number of likely N-dealkylation sites (tertiary alicyclic amines) is 1. The summed E-state index contributed by atoms with van der Waals surface area (Å²) >= 11 is 0. The van der Waals surface area contributed by atoms with Gasteiger partial charge in [-0.3, -0.25) is 0 Å². The Morgan fingerprint density at radius 3 is 2.60 bits per heavy atom. The summed E-state index contributed by atoms with van der Waals surface area (Å²) in [5.74, 6) is 1.90. The van der Waals surface area contributed by atoms with Crippen LogP contribution in [0.2, 0.25) is 0 Å². The van der Waals surface area contributed by atoms with E-state index < -0.39 is 0 Å². The molecule has 1 heterocycles. The van der Waals surface area contributed by atoms with Crippen molar-refractivity contribution in [2.24, 2.45) is 17.8 Å². The van der Waals surface area contributed by atoms with Crippen molar-refractivity contribution in [3.05, 3.63) is 0 Å². The number of carbonyl (C=O) groups excluding carboxylic acids is 1. The van der Waals surface area contributed by atoms with E-state index in [4.69, 9.17) is 0 Å². The SMILES string of the molecule is CC(C=O)CN1CCCC(C(C)C)CC1. The van der Waals surface area contributed by atoms with Gasteiger partial charge in [-0.2, -0.15) is 0 Å². The van der Waals surface area contributed by atoms with Crippen LogP contribution in [-0.2, 0) is 4.79 Å². The number of carbonyl (C=O) groups is 1. The largest absolute Gasteiger partial charge is 0.303 e. The molecule has 2 unspecified atom stereocenters. The molecule has 0 aromatic rings. The summed E-state index contributed by atoms with van der Waals surface area (Å²) in [6.07, 6.45) is 5.05. The summed E-state index contributed by atoms with van der Waals surface area (Å²) in [4.78, 5) is 13.1. The van der Waals surface area contributed by atoms with E-state index in [1.165, 1.54) is 32.4 Å². The van der Waals surface area contributed by atoms with Crippen molar-refractivity contribution >= 4 is 6.29 Å². The van der Waals surface area contributed by atoms with Crippen molar-refractivity contribution in [2.75, 3.05) is 19.6 Å². The average molecular weight is 211 g/mol. The van der Waals surface area contributed by atoms with Crippen molar-refractivity contribution < 1.29 is 4.79 Å². The number of aldehydes is 1. The molecule has 0 radical (unpaired) electrons. The quantitative estimate of drug-likeness (QED) is 0.666. The van der Waals surface area contributed by atoms with Gasteiger partial charge in [0.1, 0.15) is 6.29 Å². The van der Waals surface area contributed by atoms with Gasteiger partial charge in [-0.1, -0.05) is 20.8 Å². The Bertz CT molecular complexity index is 191. The molecule has 1 aliphatic rings. The van der Waals surface area contributed by atoms with Crippen LogP contribution in [-0.4, -0.2) is 30.8 Å². The van der Waals surface area contributed by atoms with E-state index in [9.17, 15) is 4.79 Å². The smallest absolute Gasteiger partial charge is 0.124 e. The van der Waals surface area contributed by atoms with Crippen LogP contribution < -0.4 is 0 Å². The number of hydrogen-bond donors (Lipinski definition) is 0. The maximum absolute atomic E-state index is 10.6. The third kappa shape index (κ3) is 4.33. The summed E-state index contributed by atoms with van der Waals surface area (Å²) in [5.41, 5.74) is 0. The van der Waals surface area contributed by atoms with Gasteiger partial charge < -0.3 is 9.69 Å². The molecule has 2 atom stereocenters. The lowest BCUT2D eigenvalue weighted by Crippen LogP contribution is -2.30. The van der Waals surface area contributed by atoms with Crippen molar-refractivity contribution in [3.8, 4) is 0 Å². The molecule has 0 saturated carbocycles. The highest BCUT2D eigenvalue weighted by atomic mass is 16.1. The number of hydrogen-bond acceptors (Lipinski definition) is 2. The Labute approximate surface area is 94.0 Å². The first-order valence-corrected chi connectivity index (χ1v) is 6.31. The molecule has 0 bridgehead atoms. The minimum absolute atomic E-state index is 0.195. The molecule has 0 amide bonds. The minimum Gasteiger partial charge on any atom is -0.303 e. The van der Waals surface area contributed by atoms with Gasteiger partial charge in [-0.25, -0.2) is 0 Å². The van der Waals surface area contributed by atoms with E-state index in [0.717, 1.165) is 24.7 Å². The molecular formula is C13H25NO. The van der Waals surface area contributed by atoms with Gasteiger partial charge in [0.2, 0.25) is 0 Å². The van der Waals surface area contributed by atoms with Crippen LogP contribution in [0.15, 0.2) is 0 Å². The van der Waals surface area contributed by atoms with Crippen LogP contribution in [0.1, 0.15) is 40.0 Å². The molecule has 1 rings (SSSR count). The van der Waals surface area contributed by atoms with Gasteiger partial charge in [-0.05, 0) is 44.2 Å². The molecule has 0 aromatic carbocycles. The zero-order valence-electron chi connectivity index (χ0n) is 10.4. The maximum atomic E-state index is 10.6. The first-order chi connectivity index (χ1) is 7.13. The molecule has 15 heavy (non-hydrogen) atoms. The Balaban J connectivity index is 2.35. The highest BCUT2D eigenvalue weighted by Crippen LogP contribution is 2.24. The van der Waals surface area contributed by atoms with Crippen molar-refractivity contribution in [1.29, 1.82) is 0 Å². The summed E-state index contributed by atoms with van der Waals surface area (Å²) in [6, 6.07) is 0. The Kier molecular flexibility index (Phi) is 5.30. The lowest BCUT2D eigenvalue weighted by atomic mass is 9.89. The van der Waals surface area contributed by atoms with Crippen LogP contribution in [0.5, 0.6) is 0 Å². The predicted octanol–water partition coefficient (Wildman–Crippen LogP) is 2.58. The number of rotatable bonds is 4. The van der Waals surface area contributed by atoms with Crippen LogP contribution >= 0.6 is 0 Å². The molecule has 2 heteroatoms. The van der Waals surface area contributed by atoms with Crippen LogP contribution in [0.25, 0.3) is 0 Å². The lowest BCUT2D eigenvalue weighted by Gasteiger charge is -2.22. The molecule has 88 valence electrons. The zero-order valence-corrected chi connectivity index (χ0v) is 10.4. The predicted molar refractivity (Wildman–Crippen MR) is 63.8 cm³/mol. The van der Waals surface area contributed by atoms with Gasteiger partial charge in [0.15, 0.2) is 0 Å². The van der Waals surface area contributed by atoms with Gasteiger partial charge in [-0.15, -0.1) is 0 Å². The monoisotopic (exact) mass is 211 g/mol. The fraction of sp³-hybridized carbons (Fsp3) is 0.923. The number of nitrogens with zero attached hydrogens (tertiary/aromatic N) is 1. The highest BCUT2D eigenvalue weighted by molar-refractivity contribution is 5.52. The summed E-state index contributed by atoms with van der Waals surface area (Å²) in [6.45, 7) is 9.98. The third-order valence-electron chi connectivity index (χ3n) is 3.59. The average Bonchev–Trinajstić information content (AvgIpc) is 2.43. The molecule has 0 aromatic heterocycles. The lowest BCUT2D eigenvalue weighted by molar-refractivity contribution is -0.111. The molecule has 2 nitrogen and oxygen atoms in total. The van der Waals surface area contributed by atoms with Crippen LogP contribution in [0, 0.1) is 17.8 Å². The van der Waals surface area contributed by atoms with E-state index in [0.29, 0.717) is 0 Å². The van der Waals surface area contributed by atoms with E-state index in [2.05, 4.69) is 18.7 Å². The van der Waals surface area contributed by atoms with Gasteiger partial charge >= 0.3 is 0 Å². The Morgan fingerprint density at radius 1 is 1.27 bits per heavy atom.